The van der Waals surface area contributed by atoms with Crippen LogP contribution in [0.25, 0.3) is 0 Å². The molecule has 0 aliphatic carbocycles. The molecule has 104 valence electrons. The maximum atomic E-state index is 9.35. The highest BCUT2D eigenvalue weighted by atomic mass is 79.9. The lowest BCUT2D eigenvalue weighted by molar-refractivity contribution is 0.222. The summed E-state index contributed by atoms with van der Waals surface area (Å²) < 4.78 is 2.99. The van der Waals surface area contributed by atoms with Crippen molar-refractivity contribution in [3.8, 4) is 0 Å². The molecule has 1 unspecified atom stereocenters. The number of nitrogens with one attached hydrogen (secondary N) is 1. The third-order valence-corrected chi connectivity index (χ3v) is 3.95. The van der Waals surface area contributed by atoms with Crippen LogP contribution in [0.15, 0.2) is 4.47 Å². The van der Waals surface area contributed by atoms with Crippen LogP contribution in [0.5, 0.6) is 0 Å². The van der Waals surface area contributed by atoms with Crippen molar-refractivity contribution in [1.29, 1.82) is 0 Å². The minimum absolute atomic E-state index is 0.150. The molecule has 1 aromatic heterocycles. The van der Waals surface area contributed by atoms with E-state index < -0.39 is 0 Å². The van der Waals surface area contributed by atoms with Crippen LogP contribution in [0.4, 0.5) is 0 Å². The van der Waals surface area contributed by atoms with Crippen molar-refractivity contribution in [3.05, 3.63) is 15.9 Å². The summed E-state index contributed by atoms with van der Waals surface area (Å²) in [6.07, 6.45) is 1.90. The van der Waals surface area contributed by atoms with Gasteiger partial charge in [-0.3, -0.25) is 4.68 Å². The van der Waals surface area contributed by atoms with Gasteiger partial charge < -0.3 is 10.4 Å². The van der Waals surface area contributed by atoms with Crippen LogP contribution in [-0.4, -0.2) is 27.5 Å². The summed E-state index contributed by atoms with van der Waals surface area (Å²) in [4.78, 5) is 0. The van der Waals surface area contributed by atoms with Crippen molar-refractivity contribution in [2.45, 2.75) is 46.2 Å². The van der Waals surface area contributed by atoms with E-state index >= 15 is 0 Å². The van der Waals surface area contributed by atoms with Gasteiger partial charge in [-0.05, 0) is 34.7 Å². The van der Waals surface area contributed by atoms with Crippen LogP contribution in [-0.2, 0) is 20.0 Å². The monoisotopic (exact) mass is 317 g/mol. The Bertz CT molecular complexity index is 377. The van der Waals surface area contributed by atoms with Gasteiger partial charge in [0.05, 0.1) is 22.5 Å². The summed E-state index contributed by atoms with van der Waals surface area (Å²) in [7, 11) is 1.96. The fourth-order valence-corrected chi connectivity index (χ4v) is 2.80. The van der Waals surface area contributed by atoms with Gasteiger partial charge in [0.1, 0.15) is 0 Å². The second-order valence-electron chi connectivity index (χ2n) is 5.07. The molecule has 0 aliphatic heterocycles. The Morgan fingerprint density at radius 1 is 1.44 bits per heavy atom. The first kappa shape index (κ1) is 15.7. The van der Waals surface area contributed by atoms with Crippen LogP contribution in [0, 0.1) is 5.92 Å². The Hall–Kier alpha value is -0.390. The first-order chi connectivity index (χ1) is 8.49. The minimum atomic E-state index is 0.150. The van der Waals surface area contributed by atoms with Gasteiger partial charge >= 0.3 is 0 Å². The molecule has 5 heteroatoms. The molecule has 0 aromatic carbocycles. The third-order valence-electron chi connectivity index (χ3n) is 3.04. The molecule has 1 atom stereocenters. The number of halogens is 1. The minimum Gasteiger partial charge on any atom is -0.395 e. The van der Waals surface area contributed by atoms with Gasteiger partial charge in [-0.2, -0.15) is 5.10 Å². The SMILES string of the molecule is CCc1nn(C)c(CNC(CO)CC(C)C)c1Br. The number of aliphatic hydroxyl groups excluding tert-OH is 1. The number of rotatable bonds is 7. The van der Waals surface area contributed by atoms with E-state index in [-0.39, 0.29) is 12.6 Å². The number of hydrogen-bond donors (Lipinski definition) is 2. The Kier molecular flexibility index (Phi) is 6.32. The number of aryl methyl sites for hydroxylation is 2. The molecule has 0 fully saturated rings. The molecule has 18 heavy (non-hydrogen) atoms. The molecular formula is C13H24BrN3O. The summed E-state index contributed by atoms with van der Waals surface area (Å²) in [5.74, 6) is 0.579. The Morgan fingerprint density at radius 2 is 2.11 bits per heavy atom. The average Bonchev–Trinajstić information content (AvgIpc) is 2.59. The van der Waals surface area contributed by atoms with Crippen molar-refractivity contribution in [2.75, 3.05) is 6.61 Å². The molecule has 1 heterocycles. The zero-order valence-electron chi connectivity index (χ0n) is 11.7. The first-order valence-electron chi connectivity index (χ1n) is 6.54. The summed E-state index contributed by atoms with van der Waals surface area (Å²) in [5.41, 5.74) is 2.22. The average molecular weight is 318 g/mol. The van der Waals surface area contributed by atoms with E-state index in [2.05, 4.69) is 47.1 Å². The normalized spacial score (nSPS) is 13.3. The second-order valence-corrected chi connectivity index (χ2v) is 5.87. The summed E-state index contributed by atoms with van der Waals surface area (Å²) in [6, 6.07) is 0.150. The van der Waals surface area contributed by atoms with Gasteiger partial charge in [0.25, 0.3) is 0 Å². The van der Waals surface area contributed by atoms with Crippen molar-refractivity contribution in [1.82, 2.24) is 15.1 Å². The van der Waals surface area contributed by atoms with Crippen molar-refractivity contribution in [3.63, 3.8) is 0 Å². The third kappa shape index (κ3) is 4.07. The largest absolute Gasteiger partial charge is 0.395 e. The lowest BCUT2D eigenvalue weighted by atomic mass is 10.0. The molecule has 4 nitrogen and oxygen atoms in total. The number of hydrogen-bond acceptors (Lipinski definition) is 3. The summed E-state index contributed by atoms with van der Waals surface area (Å²) >= 11 is 3.60. The standard InChI is InChI=1S/C13H24BrN3O/c1-5-11-13(14)12(17(4)16-11)7-15-10(8-18)6-9(2)3/h9-10,15,18H,5-8H2,1-4H3. The molecule has 2 N–H and O–H groups in total. The van der Waals surface area contributed by atoms with E-state index in [1.165, 1.54) is 0 Å². The van der Waals surface area contributed by atoms with E-state index in [0.717, 1.165) is 35.2 Å². The number of nitrogens with zero attached hydrogens (tertiary/aromatic N) is 2. The predicted molar refractivity (Wildman–Crippen MR) is 77.5 cm³/mol. The van der Waals surface area contributed by atoms with Gasteiger partial charge in [-0.25, -0.2) is 0 Å². The van der Waals surface area contributed by atoms with Gasteiger partial charge in [-0.1, -0.05) is 20.8 Å². The Morgan fingerprint density at radius 3 is 2.56 bits per heavy atom. The van der Waals surface area contributed by atoms with Crippen molar-refractivity contribution < 1.29 is 5.11 Å². The molecule has 0 spiro atoms. The number of aromatic nitrogens is 2. The van der Waals surface area contributed by atoms with E-state index in [9.17, 15) is 5.11 Å². The van der Waals surface area contributed by atoms with Crippen molar-refractivity contribution >= 4 is 15.9 Å². The molecule has 0 aliphatic rings. The van der Waals surface area contributed by atoms with Gasteiger partial charge in [0, 0.05) is 19.6 Å². The molecule has 0 saturated heterocycles. The van der Waals surface area contributed by atoms with E-state index in [0.29, 0.717) is 5.92 Å². The van der Waals surface area contributed by atoms with Crippen LogP contribution in [0.1, 0.15) is 38.6 Å². The topological polar surface area (TPSA) is 50.1 Å². The Balaban J connectivity index is 2.64. The van der Waals surface area contributed by atoms with Crippen LogP contribution < -0.4 is 5.32 Å². The lowest BCUT2D eigenvalue weighted by Crippen LogP contribution is -2.33. The second kappa shape index (κ2) is 7.26. The molecule has 1 rings (SSSR count). The highest BCUT2D eigenvalue weighted by Crippen LogP contribution is 2.21. The zero-order valence-corrected chi connectivity index (χ0v) is 13.3. The molecule has 0 amide bonds. The van der Waals surface area contributed by atoms with Crippen LogP contribution in [0.2, 0.25) is 0 Å². The molecular weight excluding hydrogens is 294 g/mol. The zero-order chi connectivity index (χ0) is 13.7. The molecule has 0 bridgehead atoms. The predicted octanol–water partition coefficient (Wildman–Crippen LogP) is 2.24. The molecule has 1 aromatic rings. The van der Waals surface area contributed by atoms with Gasteiger partial charge in [0.15, 0.2) is 0 Å². The smallest absolute Gasteiger partial charge is 0.0767 e. The Labute approximate surface area is 118 Å². The molecule has 0 saturated carbocycles. The quantitative estimate of drug-likeness (QED) is 0.811. The summed E-state index contributed by atoms with van der Waals surface area (Å²) in [5, 5.41) is 17.2. The highest BCUT2D eigenvalue weighted by Gasteiger charge is 2.15. The number of aliphatic hydroxyl groups is 1. The molecule has 0 radical (unpaired) electrons. The van der Waals surface area contributed by atoms with Gasteiger partial charge in [-0.15, -0.1) is 0 Å². The summed E-state index contributed by atoms with van der Waals surface area (Å²) in [6.45, 7) is 7.33. The van der Waals surface area contributed by atoms with E-state index in [1.54, 1.807) is 0 Å². The van der Waals surface area contributed by atoms with Crippen LogP contribution in [0.3, 0.4) is 0 Å². The van der Waals surface area contributed by atoms with E-state index in [1.807, 2.05) is 11.7 Å². The maximum absolute atomic E-state index is 9.35. The van der Waals surface area contributed by atoms with E-state index in [4.69, 9.17) is 0 Å². The first-order valence-corrected chi connectivity index (χ1v) is 7.33. The van der Waals surface area contributed by atoms with Crippen molar-refractivity contribution in [2.24, 2.45) is 13.0 Å². The highest BCUT2D eigenvalue weighted by molar-refractivity contribution is 9.10. The lowest BCUT2D eigenvalue weighted by Gasteiger charge is -2.18. The fourth-order valence-electron chi connectivity index (χ4n) is 2.04. The maximum Gasteiger partial charge on any atom is 0.0767 e. The fraction of sp³-hybridized carbons (Fsp3) is 0.769. The van der Waals surface area contributed by atoms with Gasteiger partial charge in [0.2, 0.25) is 0 Å². The van der Waals surface area contributed by atoms with Crippen LogP contribution >= 0.6 is 15.9 Å².